The standard InChI is InChI=1S/C14H17BrN2O2S2/c1-9(2)20-14-16-12-7-21(18,19)8-13(12)17(14)11-5-3-4-10(15)6-11/h3-6,9,12-13H,7-8H2,1-2H3/t12-,13-/m0/s1. The Morgan fingerprint density at radius 3 is 2.81 bits per heavy atom. The molecule has 0 aliphatic carbocycles. The van der Waals surface area contributed by atoms with E-state index in [1.807, 2.05) is 24.3 Å². The molecule has 1 saturated heterocycles. The first-order valence-electron chi connectivity index (χ1n) is 6.85. The fourth-order valence-electron chi connectivity index (χ4n) is 2.75. The Morgan fingerprint density at radius 1 is 1.38 bits per heavy atom. The average molecular weight is 389 g/mol. The van der Waals surface area contributed by atoms with Crippen LogP contribution in [0.3, 0.4) is 0 Å². The van der Waals surface area contributed by atoms with Crippen molar-refractivity contribution in [1.29, 1.82) is 0 Å². The van der Waals surface area contributed by atoms with Crippen LogP contribution in [0.2, 0.25) is 0 Å². The second kappa shape index (κ2) is 5.59. The molecule has 0 bridgehead atoms. The van der Waals surface area contributed by atoms with Crippen LogP contribution in [-0.2, 0) is 9.84 Å². The lowest BCUT2D eigenvalue weighted by Gasteiger charge is -2.27. The van der Waals surface area contributed by atoms with E-state index in [1.165, 1.54) is 0 Å². The van der Waals surface area contributed by atoms with Crippen LogP contribution < -0.4 is 4.90 Å². The van der Waals surface area contributed by atoms with Crippen molar-refractivity contribution in [3.8, 4) is 0 Å². The topological polar surface area (TPSA) is 49.7 Å². The minimum absolute atomic E-state index is 0.0643. The molecule has 0 unspecified atom stereocenters. The van der Waals surface area contributed by atoms with Crippen molar-refractivity contribution >= 4 is 48.4 Å². The van der Waals surface area contributed by atoms with E-state index >= 15 is 0 Å². The largest absolute Gasteiger partial charge is 0.315 e. The monoisotopic (exact) mass is 388 g/mol. The van der Waals surface area contributed by atoms with Gasteiger partial charge in [0.15, 0.2) is 15.0 Å². The smallest absolute Gasteiger partial charge is 0.164 e. The predicted octanol–water partition coefficient (Wildman–Crippen LogP) is 2.93. The number of hydrogen-bond donors (Lipinski definition) is 0. The number of aliphatic imine (C=N–C) groups is 1. The Kier molecular flexibility index (Phi) is 4.09. The molecule has 3 rings (SSSR count). The Bertz CT molecular complexity index is 688. The molecule has 4 nitrogen and oxygen atoms in total. The highest BCUT2D eigenvalue weighted by Gasteiger charge is 2.47. The molecule has 0 spiro atoms. The maximum atomic E-state index is 11.9. The molecule has 0 amide bonds. The van der Waals surface area contributed by atoms with Gasteiger partial charge in [-0.25, -0.2) is 8.42 Å². The lowest BCUT2D eigenvalue weighted by molar-refractivity contribution is 0.601. The van der Waals surface area contributed by atoms with Gasteiger partial charge in [-0.2, -0.15) is 0 Å². The third-order valence-electron chi connectivity index (χ3n) is 3.54. The van der Waals surface area contributed by atoms with Gasteiger partial charge < -0.3 is 4.90 Å². The quantitative estimate of drug-likeness (QED) is 0.781. The van der Waals surface area contributed by atoms with Crippen molar-refractivity contribution in [2.24, 2.45) is 4.99 Å². The molecule has 2 heterocycles. The first-order valence-corrected chi connectivity index (χ1v) is 10.3. The van der Waals surface area contributed by atoms with Crippen molar-refractivity contribution in [3.05, 3.63) is 28.7 Å². The third-order valence-corrected chi connectivity index (χ3v) is 6.71. The van der Waals surface area contributed by atoms with Crippen LogP contribution in [0.4, 0.5) is 5.69 Å². The molecular weight excluding hydrogens is 372 g/mol. The number of amidine groups is 1. The van der Waals surface area contributed by atoms with Gasteiger partial charge in [0.05, 0.1) is 23.6 Å². The number of anilines is 1. The van der Waals surface area contributed by atoms with E-state index in [-0.39, 0.29) is 23.6 Å². The Balaban J connectivity index is 2.00. The number of halogens is 1. The van der Waals surface area contributed by atoms with Gasteiger partial charge in [0, 0.05) is 15.4 Å². The number of thioether (sulfide) groups is 1. The van der Waals surface area contributed by atoms with Crippen molar-refractivity contribution in [2.45, 2.75) is 31.2 Å². The summed E-state index contributed by atoms with van der Waals surface area (Å²) in [5.74, 6) is 0.361. The maximum absolute atomic E-state index is 11.9. The Hall–Kier alpha value is -0.530. The molecule has 2 aliphatic heterocycles. The summed E-state index contributed by atoms with van der Waals surface area (Å²) < 4.78 is 24.8. The normalized spacial score (nSPS) is 27.0. The first kappa shape index (κ1) is 15.4. The van der Waals surface area contributed by atoms with E-state index in [9.17, 15) is 8.42 Å². The van der Waals surface area contributed by atoms with Gasteiger partial charge in [-0.3, -0.25) is 4.99 Å². The molecule has 1 aromatic rings. The summed E-state index contributed by atoms with van der Waals surface area (Å²) in [4.78, 5) is 6.79. The van der Waals surface area contributed by atoms with Crippen molar-refractivity contribution in [3.63, 3.8) is 0 Å². The maximum Gasteiger partial charge on any atom is 0.164 e. The molecule has 0 radical (unpaired) electrons. The predicted molar refractivity (Wildman–Crippen MR) is 93.0 cm³/mol. The summed E-state index contributed by atoms with van der Waals surface area (Å²) in [6.45, 7) is 4.24. The van der Waals surface area contributed by atoms with Crippen molar-refractivity contribution in [1.82, 2.24) is 0 Å². The summed E-state index contributed by atoms with van der Waals surface area (Å²) in [7, 11) is -2.98. The van der Waals surface area contributed by atoms with Gasteiger partial charge in [0.1, 0.15) is 0 Å². The number of rotatable bonds is 2. The van der Waals surface area contributed by atoms with Gasteiger partial charge >= 0.3 is 0 Å². The van der Waals surface area contributed by atoms with E-state index in [0.29, 0.717) is 5.25 Å². The minimum Gasteiger partial charge on any atom is -0.315 e. The molecule has 114 valence electrons. The lowest BCUT2D eigenvalue weighted by atomic mass is 10.1. The van der Waals surface area contributed by atoms with Gasteiger partial charge in [-0.1, -0.05) is 47.6 Å². The Morgan fingerprint density at radius 2 is 2.14 bits per heavy atom. The molecule has 0 saturated carbocycles. The average Bonchev–Trinajstić information content (AvgIpc) is 2.79. The molecule has 2 aliphatic rings. The van der Waals surface area contributed by atoms with E-state index in [0.717, 1.165) is 15.3 Å². The van der Waals surface area contributed by atoms with Crippen LogP contribution >= 0.6 is 27.7 Å². The summed E-state index contributed by atoms with van der Waals surface area (Å²) in [6, 6.07) is 7.77. The molecular formula is C14H17BrN2O2S2. The fourth-order valence-corrected chi connectivity index (χ4v) is 5.96. The number of sulfone groups is 1. The first-order chi connectivity index (χ1) is 9.85. The molecule has 1 aromatic carbocycles. The number of fused-ring (bicyclic) bond motifs is 1. The molecule has 21 heavy (non-hydrogen) atoms. The molecule has 0 aromatic heterocycles. The summed E-state index contributed by atoms with van der Waals surface area (Å²) in [6.07, 6.45) is 0. The fraction of sp³-hybridized carbons (Fsp3) is 0.500. The van der Waals surface area contributed by atoms with Crippen LogP contribution in [0.25, 0.3) is 0 Å². The minimum atomic E-state index is -2.98. The summed E-state index contributed by atoms with van der Waals surface area (Å²) in [5, 5.41) is 1.35. The summed E-state index contributed by atoms with van der Waals surface area (Å²) >= 11 is 5.18. The van der Waals surface area contributed by atoms with Gasteiger partial charge in [0.25, 0.3) is 0 Å². The zero-order valence-electron chi connectivity index (χ0n) is 11.9. The lowest BCUT2D eigenvalue weighted by Crippen LogP contribution is -2.39. The second-order valence-corrected chi connectivity index (χ2v) is 10.3. The molecule has 2 atom stereocenters. The zero-order valence-corrected chi connectivity index (χ0v) is 15.1. The van der Waals surface area contributed by atoms with E-state index in [4.69, 9.17) is 0 Å². The highest BCUT2D eigenvalue weighted by atomic mass is 79.9. The van der Waals surface area contributed by atoms with E-state index < -0.39 is 9.84 Å². The van der Waals surface area contributed by atoms with Crippen LogP contribution in [0.1, 0.15) is 13.8 Å². The van der Waals surface area contributed by atoms with Crippen molar-refractivity contribution < 1.29 is 8.42 Å². The number of nitrogens with zero attached hydrogens (tertiary/aromatic N) is 2. The van der Waals surface area contributed by atoms with Gasteiger partial charge in [-0.15, -0.1) is 0 Å². The molecule has 0 N–H and O–H groups in total. The zero-order chi connectivity index (χ0) is 15.2. The van der Waals surface area contributed by atoms with E-state index in [2.05, 4.69) is 39.7 Å². The van der Waals surface area contributed by atoms with Crippen LogP contribution in [0, 0.1) is 0 Å². The number of hydrogen-bond acceptors (Lipinski definition) is 5. The molecule has 7 heteroatoms. The van der Waals surface area contributed by atoms with Crippen LogP contribution in [0.15, 0.2) is 33.7 Å². The highest BCUT2D eigenvalue weighted by molar-refractivity contribution is 9.10. The third kappa shape index (κ3) is 3.14. The second-order valence-electron chi connectivity index (χ2n) is 5.64. The van der Waals surface area contributed by atoms with Crippen LogP contribution in [-0.4, -0.2) is 42.4 Å². The highest BCUT2D eigenvalue weighted by Crippen LogP contribution is 2.36. The SMILES string of the molecule is CC(C)SC1=N[C@H]2CS(=O)(=O)C[C@@H]2N1c1cccc(Br)c1. The van der Waals surface area contributed by atoms with Gasteiger partial charge in [0.2, 0.25) is 0 Å². The van der Waals surface area contributed by atoms with E-state index in [1.54, 1.807) is 11.8 Å². The van der Waals surface area contributed by atoms with Crippen LogP contribution in [0.5, 0.6) is 0 Å². The number of benzene rings is 1. The van der Waals surface area contributed by atoms with Gasteiger partial charge in [-0.05, 0) is 18.2 Å². The van der Waals surface area contributed by atoms with Crippen molar-refractivity contribution in [2.75, 3.05) is 16.4 Å². The molecule has 1 fully saturated rings. The Labute approximate surface area is 138 Å². The summed E-state index contributed by atoms with van der Waals surface area (Å²) in [5.41, 5.74) is 1.00.